The molecule has 4 rings (SSSR count). The summed E-state index contributed by atoms with van der Waals surface area (Å²) < 4.78 is 0. The van der Waals surface area contributed by atoms with Crippen molar-refractivity contribution in [1.82, 2.24) is 55.3 Å². The van der Waals surface area contributed by atoms with Crippen LogP contribution in [0.15, 0.2) is 56.3 Å². The molecule has 0 aliphatic rings. The van der Waals surface area contributed by atoms with Gasteiger partial charge in [-0.05, 0) is 27.7 Å². The topological polar surface area (TPSA) is 142 Å². The first-order valence-corrected chi connectivity index (χ1v) is 12.1. The Morgan fingerprint density at radius 2 is 0.972 bits per heavy atom. The van der Waals surface area contributed by atoms with Crippen molar-refractivity contribution in [3.05, 3.63) is 79.2 Å². The van der Waals surface area contributed by atoms with Crippen molar-refractivity contribution in [2.45, 2.75) is 83.1 Å². The summed E-state index contributed by atoms with van der Waals surface area (Å²) >= 11 is 0. The number of hydrogen-bond acceptors (Lipinski definition) is 11. The van der Waals surface area contributed by atoms with Gasteiger partial charge in [0.2, 0.25) is 0 Å². The van der Waals surface area contributed by atoms with Crippen LogP contribution in [0.25, 0.3) is 0 Å². The SMILES string of the molecule is CC.CC.CC.CC.Cc1cnccn1.Cc1cncnn1.Cc1cnncn1.Cc1ncncn1. The van der Waals surface area contributed by atoms with E-state index in [0.717, 1.165) is 22.9 Å². The van der Waals surface area contributed by atoms with Gasteiger partial charge < -0.3 is 0 Å². The highest BCUT2D eigenvalue weighted by Crippen LogP contribution is 1.81. The molecule has 11 nitrogen and oxygen atoms in total. The molecule has 0 N–H and O–H groups in total. The average Bonchev–Trinajstić information content (AvgIpc) is 2.96. The Morgan fingerprint density at radius 1 is 0.417 bits per heavy atom. The van der Waals surface area contributed by atoms with Crippen molar-refractivity contribution >= 4 is 0 Å². The van der Waals surface area contributed by atoms with Crippen molar-refractivity contribution < 1.29 is 0 Å². The molecule has 36 heavy (non-hydrogen) atoms. The van der Waals surface area contributed by atoms with Gasteiger partial charge in [0.1, 0.15) is 31.1 Å². The van der Waals surface area contributed by atoms with Crippen LogP contribution in [0.5, 0.6) is 0 Å². The molecule has 4 heterocycles. The Bertz CT molecular complexity index is 702. The molecule has 0 unspecified atom stereocenters. The number of aromatic nitrogens is 11. The highest BCUT2D eigenvalue weighted by Gasteiger charge is 1.77. The van der Waals surface area contributed by atoms with Gasteiger partial charge in [0.05, 0.1) is 29.5 Å². The number of aryl methyl sites for hydroxylation is 4. The van der Waals surface area contributed by atoms with Crippen LogP contribution in [0.1, 0.15) is 78.3 Å². The third kappa shape index (κ3) is 32.3. The fraction of sp³-hybridized carbons (Fsp3) is 0.480. The van der Waals surface area contributed by atoms with E-state index in [1.54, 1.807) is 31.0 Å². The minimum Gasteiger partial charge on any atom is -0.261 e. The minimum atomic E-state index is 0.759. The second-order valence-electron chi connectivity index (χ2n) is 5.03. The molecular formula is C25H45N11. The van der Waals surface area contributed by atoms with Crippen LogP contribution in [0.2, 0.25) is 0 Å². The lowest BCUT2D eigenvalue weighted by atomic mass is 10.5. The van der Waals surface area contributed by atoms with E-state index < -0.39 is 0 Å². The molecular weight excluding hydrogens is 454 g/mol. The van der Waals surface area contributed by atoms with E-state index in [9.17, 15) is 0 Å². The summed E-state index contributed by atoms with van der Waals surface area (Å²) in [7, 11) is 0. The summed E-state index contributed by atoms with van der Waals surface area (Å²) in [6.45, 7) is 23.4. The van der Waals surface area contributed by atoms with Crippen LogP contribution < -0.4 is 0 Å². The lowest BCUT2D eigenvalue weighted by Crippen LogP contribution is -1.84. The van der Waals surface area contributed by atoms with Gasteiger partial charge in [0.25, 0.3) is 0 Å². The fourth-order valence-electron chi connectivity index (χ4n) is 1.28. The number of nitrogens with zero attached hydrogens (tertiary/aromatic N) is 11. The molecule has 0 saturated heterocycles. The Kier molecular flexibility index (Phi) is 39.0. The zero-order valence-corrected chi connectivity index (χ0v) is 24.1. The lowest BCUT2D eigenvalue weighted by molar-refractivity contribution is 0.925. The van der Waals surface area contributed by atoms with Crippen molar-refractivity contribution in [3.63, 3.8) is 0 Å². The molecule has 0 aromatic carbocycles. The lowest BCUT2D eigenvalue weighted by Gasteiger charge is -1.81. The molecule has 0 bridgehead atoms. The number of hydrogen-bond donors (Lipinski definition) is 0. The molecule has 0 radical (unpaired) electrons. The molecule has 200 valence electrons. The van der Waals surface area contributed by atoms with Gasteiger partial charge in [-0.2, -0.15) is 10.2 Å². The molecule has 0 aliphatic carbocycles. The third-order valence-corrected chi connectivity index (χ3v) is 2.53. The summed E-state index contributed by atoms with van der Waals surface area (Å²) in [5, 5.41) is 14.2. The van der Waals surface area contributed by atoms with Gasteiger partial charge in [0.15, 0.2) is 0 Å². The molecule has 0 spiro atoms. The Labute approximate surface area is 217 Å². The molecule has 0 fully saturated rings. The number of rotatable bonds is 0. The highest BCUT2D eigenvalue weighted by atomic mass is 15.1. The quantitative estimate of drug-likeness (QED) is 0.305. The predicted octanol–water partition coefficient (Wildman–Crippen LogP) is 5.43. The molecule has 4 aromatic rings. The van der Waals surface area contributed by atoms with E-state index in [-0.39, 0.29) is 0 Å². The molecule has 0 aliphatic heterocycles. The molecule has 0 amide bonds. The summed E-state index contributed by atoms with van der Waals surface area (Å²) in [4.78, 5) is 26.4. The molecule has 0 atom stereocenters. The second-order valence-corrected chi connectivity index (χ2v) is 5.03. The van der Waals surface area contributed by atoms with Crippen molar-refractivity contribution in [1.29, 1.82) is 0 Å². The van der Waals surface area contributed by atoms with Crippen LogP contribution in [-0.4, -0.2) is 55.3 Å². The summed E-state index contributed by atoms with van der Waals surface area (Å²) in [5.41, 5.74) is 2.71. The minimum absolute atomic E-state index is 0.759. The van der Waals surface area contributed by atoms with Crippen molar-refractivity contribution in [2.24, 2.45) is 0 Å². The Morgan fingerprint density at radius 3 is 1.19 bits per heavy atom. The standard InChI is InChI=1S/C5H6N2.3C4H5N3.4C2H6/c1-5-4-6-2-3-7-5;1-4-6-2-5-3-7-4;1-4-2-6-7-3-5-4;1-4-2-5-3-6-7-4;4*1-2/h2-4H,1H3;3*2-3H,1H3;4*1-2H3. The van der Waals surface area contributed by atoms with Gasteiger partial charge in [-0.15, -0.1) is 10.2 Å². The molecule has 11 heteroatoms. The van der Waals surface area contributed by atoms with Crippen LogP contribution in [0, 0.1) is 27.7 Å². The van der Waals surface area contributed by atoms with E-state index >= 15 is 0 Å². The maximum atomic E-state index is 3.92. The van der Waals surface area contributed by atoms with Gasteiger partial charge in [-0.25, -0.2) is 24.9 Å². The first-order chi connectivity index (χ1) is 17.6. The highest BCUT2D eigenvalue weighted by molar-refractivity contribution is 4.89. The maximum absolute atomic E-state index is 3.92. The van der Waals surface area contributed by atoms with Crippen molar-refractivity contribution in [2.75, 3.05) is 0 Å². The first-order valence-electron chi connectivity index (χ1n) is 12.1. The summed E-state index contributed by atoms with van der Waals surface area (Å²) in [6, 6.07) is 0. The maximum Gasteiger partial charge on any atom is 0.138 e. The predicted molar refractivity (Wildman–Crippen MR) is 146 cm³/mol. The van der Waals surface area contributed by atoms with E-state index in [0.29, 0.717) is 0 Å². The van der Waals surface area contributed by atoms with Gasteiger partial charge >= 0.3 is 0 Å². The van der Waals surface area contributed by atoms with E-state index in [1.165, 1.54) is 25.3 Å². The zero-order chi connectivity index (χ0) is 28.5. The monoisotopic (exact) mass is 499 g/mol. The van der Waals surface area contributed by atoms with E-state index in [1.807, 2.05) is 83.1 Å². The largest absolute Gasteiger partial charge is 0.261 e. The van der Waals surface area contributed by atoms with Crippen LogP contribution in [0.4, 0.5) is 0 Å². The van der Waals surface area contributed by atoms with Crippen molar-refractivity contribution in [3.8, 4) is 0 Å². The summed E-state index contributed by atoms with van der Waals surface area (Å²) in [6.07, 6.45) is 14.1. The van der Waals surface area contributed by atoms with Gasteiger partial charge in [0, 0.05) is 18.6 Å². The van der Waals surface area contributed by atoms with E-state index in [2.05, 4.69) is 55.3 Å². The third-order valence-electron chi connectivity index (χ3n) is 2.53. The van der Waals surface area contributed by atoms with Gasteiger partial charge in [-0.1, -0.05) is 55.4 Å². The van der Waals surface area contributed by atoms with Gasteiger partial charge in [-0.3, -0.25) is 9.97 Å². The zero-order valence-electron chi connectivity index (χ0n) is 24.1. The molecule has 0 saturated carbocycles. The van der Waals surface area contributed by atoms with E-state index in [4.69, 9.17) is 0 Å². The average molecular weight is 500 g/mol. The van der Waals surface area contributed by atoms with Crippen LogP contribution in [-0.2, 0) is 0 Å². The Hall–Kier alpha value is -3.89. The fourth-order valence-corrected chi connectivity index (χ4v) is 1.28. The summed E-state index contributed by atoms with van der Waals surface area (Å²) in [5.74, 6) is 0.759. The second kappa shape index (κ2) is 35.7. The Balaban J connectivity index is -0.000000173. The van der Waals surface area contributed by atoms with Crippen LogP contribution >= 0.6 is 0 Å². The first kappa shape index (κ1) is 39.3. The smallest absolute Gasteiger partial charge is 0.138 e. The molecule has 4 aromatic heterocycles. The normalized spacial score (nSPS) is 7.44. The van der Waals surface area contributed by atoms with Crippen LogP contribution in [0.3, 0.4) is 0 Å².